The highest BCUT2D eigenvalue weighted by Gasteiger charge is 2.28. The predicted molar refractivity (Wildman–Crippen MR) is 93.5 cm³/mol. The summed E-state index contributed by atoms with van der Waals surface area (Å²) in [6, 6.07) is 10.2. The summed E-state index contributed by atoms with van der Waals surface area (Å²) in [5.74, 6) is 0. The van der Waals surface area contributed by atoms with E-state index in [-0.39, 0.29) is 12.1 Å². The van der Waals surface area contributed by atoms with Crippen molar-refractivity contribution in [3.05, 3.63) is 35.4 Å². The van der Waals surface area contributed by atoms with Gasteiger partial charge in [0.15, 0.2) is 0 Å². The van der Waals surface area contributed by atoms with E-state index >= 15 is 0 Å². The number of nitrogens with zero attached hydrogens (tertiary/aromatic N) is 3. The molecule has 0 unspecified atom stereocenters. The molecular formula is C19H27N3O2. The third-order valence-electron chi connectivity index (χ3n) is 4.25. The van der Waals surface area contributed by atoms with Gasteiger partial charge >= 0.3 is 6.09 Å². The van der Waals surface area contributed by atoms with Crippen LogP contribution in [0.2, 0.25) is 0 Å². The van der Waals surface area contributed by atoms with Gasteiger partial charge in [0.05, 0.1) is 11.6 Å². The number of rotatable bonds is 3. The Kier molecular flexibility index (Phi) is 5.84. The molecule has 130 valence electrons. The van der Waals surface area contributed by atoms with E-state index in [4.69, 9.17) is 10.00 Å². The fourth-order valence-corrected chi connectivity index (χ4v) is 2.95. The molecule has 1 aliphatic heterocycles. The molecule has 0 N–H and O–H groups in total. The smallest absolute Gasteiger partial charge is 0.410 e. The molecule has 0 atom stereocenters. The highest BCUT2D eigenvalue weighted by atomic mass is 16.6. The minimum atomic E-state index is -0.461. The Morgan fingerprint density at radius 2 is 2.04 bits per heavy atom. The maximum Gasteiger partial charge on any atom is 0.410 e. The van der Waals surface area contributed by atoms with Crippen molar-refractivity contribution in [3.63, 3.8) is 0 Å². The number of hydrogen-bond acceptors (Lipinski definition) is 4. The predicted octanol–water partition coefficient (Wildman–Crippen LogP) is 3.39. The van der Waals surface area contributed by atoms with Crippen LogP contribution in [0.4, 0.5) is 4.79 Å². The van der Waals surface area contributed by atoms with Crippen LogP contribution in [-0.2, 0) is 11.3 Å². The molecule has 0 bridgehead atoms. The largest absolute Gasteiger partial charge is 0.444 e. The molecule has 2 rings (SSSR count). The highest BCUT2D eigenvalue weighted by Crippen LogP contribution is 2.20. The van der Waals surface area contributed by atoms with Crippen molar-refractivity contribution in [1.82, 2.24) is 9.80 Å². The Hall–Kier alpha value is -2.06. The minimum absolute atomic E-state index is 0.224. The standard InChI is InChI=1S/C19H27N3O2/c1-19(2,3)24-18(23)21(4)17-8-10-22(11-9-17)14-16-7-5-6-15(12-16)13-20/h5-7,12,17H,8-11,14H2,1-4H3. The lowest BCUT2D eigenvalue weighted by Gasteiger charge is -2.37. The van der Waals surface area contributed by atoms with E-state index in [1.165, 1.54) is 0 Å². The Labute approximate surface area is 144 Å². The molecule has 5 heteroatoms. The number of benzene rings is 1. The van der Waals surface area contributed by atoms with Gasteiger partial charge in [-0.2, -0.15) is 5.26 Å². The summed E-state index contributed by atoms with van der Waals surface area (Å²) in [4.78, 5) is 16.3. The van der Waals surface area contributed by atoms with E-state index in [0.29, 0.717) is 5.56 Å². The van der Waals surface area contributed by atoms with Crippen LogP contribution in [0.3, 0.4) is 0 Å². The molecule has 0 radical (unpaired) electrons. The molecule has 1 aliphatic rings. The summed E-state index contributed by atoms with van der Waals surface area (Å²) in [5, 5.41) is 8.98. The third kappa shape index (κ3) is 5.24. The zero-order chi connectivity index (χ0) is 17.7. The van der Waals surface area contributed by atoms with Crippen molar-refractivity contribution in [2.45, 2.75) is 51.8 Å². The van der Waals surface area contributed by atoms with Gasteiger partial charge in [-0.15, -0.1) is 0 Å². The number of hydrogen-bond donors (Lipinski definition) is 0. The monoisotopic (exact) mass is 329 g/mol. The SMILES string of the molecule is CN(C(=O)OC(C)(C)C)C1CCN(Cc2cccc(C#N)c2)CC1. The average Bonchev–Trinajstić information content (AvgIpc) is 2.53. The van der Waals surface area contributed by atoms with Crippen molar-refractivity contribution in [3.8, 4) is 6.07 Å². The summed E-state index contributed by atoms with van der Waals surface area (Å²) in [5.41, 5.74) is 1.40. The van der Waals surface area contributed by atoms with E-state index in [1.54, 1.807) is 4.90 Å². The molecule has 1 aromatic rings. The van der Waals surface area contributed by atoms with Crippen molar-refractivity contribution in [1.29, 1.82) is 5.26 Å². The van der Waals surface area contributed by atoms with Crippen molar-refractivity contribution < 1.29 is 9.53 Å². The van der Waals surface area contributed by atoms with Gasteiger partial charge in [-0.1, -0.05) is 12.1 Å². The van der Waals surface area contributed by atoms with Gasteiger partial charge in [0, 0.05) is 32.7 Å². The highest BCUT2D eigenvalue weighted by molar-refractivity contribution is 5.68. The lowest BCUT2D eigenvalue weighted by Crippen LogP contribution is -2.46. The number of amides is 1. The number of carbonyl (C=O) groups excluding carboxylic acids is 1. The van der Waals surface area contributed by atoms with Crippen LogP contribution in [0.25, 0.3) is 0 Å². The van der Waals surface area contributed by atoms with Gasteiger partial charge in [0.1, 0.15) is 5.60 Å². The van der Waals surface area contributed by atoms with Crippen LogP contribution in [0, 0.1) is 11.3 Å². The Morgan fingerprint density at radius 1 is 1.38 bits per heavy atom. The summed E-state index contributed by atoms with van der Waals surface area (Å²) in [6.45, 7) is 8.38. The first-order chi connectivity index (χ1) is 11.3. The van der Waals surface area contributed by atoms with Crippen LogP contribution in [0.5, 0.6) is 0 Å². The van der Waals surface area contributed by atoms with Gasteiger partial charge in [0.25, 0.3) is 0 Å². The Balaban J connectivity index is 1.84. The Bertz CT molecular complexity index is 608. The van der Waals surface area contributed by atoms with E-state index in [9.17, 15) is 4.79 Å². The van der Waals surface area contributed by atoms with Crippen molar-refractivity contribution in [2.24, 2.45) is 0 Å². The van der Waals surface area contributed by atoms with E-state index in [1.807, 2.05) is 46.0 Å². The van der Waals surface area contributed by atoms with E-state index in [0.717, 1.165) is 38.0 Å². The normalized spacial score (nSPS) is 16.5. The Morgan fingerprint density at radius 3 is 2.62 bits per heavy atom. The molecule has 1 fully saturated rings. The first-order valence-electron chi connectivity index (χ1n) is 8.46. The topological polar surface area (TPSA) is 56.6 Å². The molecule has 1 saturated heterocycles. The van der Waals surface area contributed by atoms with Crippen molar-refractivity contribution in [2.75, 3.05) is 20.1 Å². The zero-order valence-corrected chi connectivity index (χ0v) is 15.1. The molecule has 0 aliphatic carbocycles. The lowest BCUT2D eigenvalue weighted by atomic mass is 10.0. The molecule has 0 aromatic heterocycles. The number of piperidine rings is 1. The second-order valence-electron chi connectivity index (χ2n) is 7.41. The fourth-order valence-electron chi connectivity index (χ4n) is 2.95. The van der Waals surface area contributed by atoms with Crippen molar-refractivity contribution >= 4 is 6.09 Å². The molecular weight excluding hydrogens is 302 g/mol. The second-order valence-corrected chi connectivity index (χ2v) is 7.41. The maximum absolute atomic E-state index is 12.2. The zero-order valence-electron chi connectivity index (χ0n) is 15.1. The molecule has 1 amide bonds. The minimum Gasteiger partial charge on any atom is -0.444 e. The summed E-state index contributed by atoms with van der Waals surface area (Å²) >= 11 is 0. The summed E-state index contributed by atoms with van der Waals surface area (Å²) in [7, 11) is 1.82. The van der Waals surface area contributed by atoms with Crippen LogP contribution >= 0.6 is 0 Å². The number of ether oxygens (including phenoxy) is 1. The second kappa shape index (κ2) is 7.67. The number of nitriles is 1. The first-order valence-corrected chi connectivity index (χ1v) is 8.46. The fraction of sp³-hybridized carbons (Fsp3) is 0.579. The number of likely N-dealkylation sites (tertiary alicyclic amines) is 1. The van der Waals surface area contributed by atoms with E-state index < -0.39 is 5.60 Å². The van der Waals surface area contributed by atoms with Gasteiger partial charge in [0.2, 0.25) is 0 Å². The third-order valence-corrected chi connectivity index (χ3v) is 4.25. The maximum atomic E-state index is 12.2. The quantitative estimate of drug-likeness (QED) is 0.853. The lowest BCUT2D eigenvalue weighted by molar-refractivity contribution is 0.0149. The first kappa shape index (κ1) is 18.3. The molecule has 1 heterocycles. The van der Waals surface area contributed by atoms with E-state index in [2.05, 4.69) is 17.0 Å². The van der Waals surface area contributed by atoms with Crippen LogP contribution in [-0.4, -0.2) is 47.7 Å². The van der Waals surface area contributed by atoms with Crippen LogP contribution < -0.4 is 0 Å². The molecule has 24 heavy (non-hydrogen) atoms. The van der Waals surface area contributed by atoms with Gasteiger partial charge in [-0.3, -0.25) is 4.90 Å². The van der Waals surface area contributed by atoms with Gasteiger partial charge in [-0.05, 0) is 51.3 Å². The van der Waals surface area contributed by atoms with Gasteiger partial charge < -0.3 is 9.64 Å². The van der Waals surface area contributed by atoms with Crippen LogP contribution in [0.15, 0.2) is 24.3 Å². The summed E-state index contributed by atoms with van der Waals surface area (Å²) in [6.07, 6.45) is 1.63. The molecule has 0 spiro atoms. The molecule has 5 nitrogen and oxygen atoms in total. The molecule has 1 aromatic carbocycles. The number of carbonyl (C=O) groups is 1. The van der Waals surface area contributed by atoms with Gasteiger partial charge in [-0.25, -0.2) is 4.79 Å². The van der Waals surface area contributed by atoms with Crippen LogP contribution in [0.1, 0.15) is 44.7 Å². The average molecular weight is 329 g/mol. The molecule has 0 saturated carbocycles. The summed E-state index contributed by atoms with van der Waals surface area (Å²) < 4.78 is 5.44.